The summed E-state index contributed by atoms with van der Waals surface area (Å²) in [5.74, 6) is -0.219. The lowest BCUT2D eigenvalue weighted by molar-refractivity contribution is -0.135. The molecule has 1 saturated carbocycles. The summed E-state index contributed by atoms with van der Waals surface area (Å²) in [4.78, 5) is 12.6. The molecule has 0 aliphatic heterocycles. The first-order valence-electron chi connectivity index (χ1n) is 7.43. The van der Waals surface area contributed by atoms with Gasteiger partial charge in [0.05, 0.1) is 10.4 Å². The molecule has 0 aromatic carbocycles. The van der Waals surface area contributed by atoms with Crippen LogP contribution in [0.4, 0.5) is 13.2 Å². The molecule has 1 fully saturated rings. The van der Waals surface area contributed by atoms with Crippen molar-refractivity contribution in [2.75, 3.05) is 6.54 Å². The van der Waals surface area contributed by atoms with Crippen LogP contribution in [0.25, 0.3) is 0 Å². The van der Waals surface area contributed by atoms with Gasteiger partial charge < -0.3 is 11.1 Å². The summed E-state index contributed by atoms with van der Waals surface area (Å²) in [6.07, 6.45) is 0.564. The third kappa shape index (κ3) is 5.80. The number of hydrogen-bond donors (Lipinski definition) is 2. The van der Waals surface area contributed by atoms with Gasteiger partial charge in [-0.05, 0) is 25.7 Å². The molecule has 0 aromatic rings. The average molecular weight is 324 g/mol. The lowest BCUT2D eigenvalue weighted by Crippen LogP contribution is -2.49. The normalized spacial score (nSPS) is 18.8. The highest BCUT2D eigenvalue weighted by Gasteiger charge is 2.41. The molecule has 0 atom stereocenters. The Hall–Kier alpha value is -0.850. The van der Waals surface area contributed by atoms with Gasteiger partial charge in [-0.3, -0.25) is 4.79 Å². The van der Waals surface area contributed by atoms with Crippen molar-refractivity contribution in [3.05, 3.63) is 0 Å². The molecule has 3 nitrogen and oxygen atoms in total. The summed E-state index contributed by atoms with van der Waals surface area (Å²) in [6.45, 7) is 0.235. The zero-order valence-electron chi connectivity index (χ0n) is 12.1. The van der Waals surface area contributed by atoms with Crippen molar-refractivity contribution in [2.24, 2.45) is 11.1 Å². The van der Waals surface area contributed by atoms with Crippen molar-refractivity contribution in [2.45, 2.75) is 64.0 Å². The molecule has 1 rings (SSSR count). The molecule has 1 amide bonds. The second kappa shape index (κ2) is 7.96. The van der Waals surface area contributed by atoms with E-state index in [1.807, 2.05) is 0 Å². The standard InChI is InChI=1S/C14H23F3N2OS/c15-14(16,17)9-5-6-10-19-12(20)13(11(18)21)7-3-1-2-4-8-13/h1-10H2,(H2,18,21)(H,19,20). The minimum absolute atomic E-state index is 0.0177. The van der Waals surface area contributed by atoms with Gasteiger partial charge in [0.15, 0.2) is 0 Å². The van der Waals surface area contributed by atoms with Crippen molar-refractivity contribution in [1.82, 2.24) is 5.32 Å². The zero-order valence-corrected chi connectivity index (χ0v) is 12.9. The van der Waals surface area contributed by atoms with Gasteiger partial charge in [0, 0.05) is 13.0 Å². The maximum absolute atomic E-state index is 12.4. The maximum Gasteiger partial charge on any atom is 0.389 e. The fraction of sp³-hybridized carbons (Fsp3) is 0.857. The number of carbonyl (C=O) groups excluding carboxylic acids is 1. The van der Waals surface area contributed by atoms with E-state index < -0.39 is 18.0 Å². The SMILES string of the molecule is NC(=S)C1(C(=O)NCCCCC(F)(F)F)CCCCCC1. The molecule has 122 valence electrons. The van der Waals surface area contributed by atoms with E-state index in [1.54, 1.807) is 0 Å². The van der Waals surface area contributed by atoms with Gasteiger partial charge in [0.25, 0.3) is 0 Å². The predicted octanol–water partition coefficient (Wildman–Crippen LogP) is 3.46. The fourth-order valence-corrected chi connectivity index (χ4v) is 3.04. The van der Waals surface area contributed by atoms with Gasteiger partial charge in [-0.25, -0.2) is 0 Å². The van der Waals surface area contributed by atoms with Crippen LogP contribution in [-0.4, -0.2) is 23.6 Å². The number of thiocarbonyl (C=S) groups is 1. The molecule has 0 radical (unpaired) electrons. The number of carbonyl (C=O) groups is 1. The molecule has 0 saturated heterocycles. The Morgan fingerprint density at radius 1 is 1.14 bits per heavy atom. The number of rotatable bonds is 6. The van der Waals surface area contributed by atoms with E-state index in [0.717, 1.165) is 25.7 Å². The molecule has 1 aliphatic carbocycles. The predicted molar refractivity (Wildman–Crippen MR) is 79.8 cm³/mol. The third-order valence-electron chi connectivity index (χ3n) is 4.04. The van der Waals surface area contributed by atoms with E-state index >= 15 is 0 Å². The number of alkyl halides is 3. The molecule has 0 bridgehead atoms. The summed E-state index contributed by atoms with van der Waals surface area (Å²) in [6, 6.07) is 0. The van der Waals surface area contributed by atoms with E-state index in [4.69, 9.17) is 18.0 Å². The number of nitrogens with one attached hydrogen (secondary N) is 1. The topological polar surface area (TPSA) is 55.1 Å². The molecule has 21 heavy (non-hydrogen) atoms. The van der Waals surface area contributed by atoms with Gasteiger partial charge in [-0.1, -0.05) is 37.9 Å². The summed E-state index contributed by atoms with van der Waals surface area (Å²) in [5.41, 5.74) is 4.97. The molecule has 0 heterocycles. The van der Waals surface area contributed by atoms with Crippen LogP contribution < -0.4 is 11.1 Å². The Bertz CT molecular complexity index is 364. The Morgan fingerprint density at radius 3 is 2.19 bits per heavy atom. The Kier molecular flexibility index (Phi) is 6.90. The van der Waals surface area contributed by atoms with Crippen LogP contribution >= 0.6 is 12.2 Å². The molecule has 0 aromatic heterocycles. The maximum atomic E-state index is 12.4. The van der Waals surface area contributed by atoms with Crippen molar-refractivity contribution >= 4 is 23.1 Å². The summed E-state index contributed by atoms with van der Waals surface area (Å²) >= 11 is 5.08. The van der Waals surface area contributed by atoms with Gasteiger partial charge in [0.1, 0.15) is 0 Å². The quantitative estimate of drug-likeness (QED) is 0.447. The molecular weight excluding hydrogens is 301 g/mol. The fourth-order valence-electron chi connectivity index (χ4n) is 2.74. The molecule has 1 aliphatic rings. The number of hydrogen-bond acceptors (Lipinski definition) is 2. The number of nitrogens with two attached hydrogens (primary N) is 1. The molecule has 7 heteroatoms. The third-order valence-corrected chi connectivity index (χ3v) is 4.43. The van der Waals surface area contributed by atoms with Crippen molar-refractivity contribution < 1.29 is 18.0 Å². The summed E-state index contributed by atoms with van der Waals surface area (Å²) in [5, 5.41) is 2.71. The lowest BCUT2D eigenvalue weighted by Gasteiger charge is -2.30. The first kappa shape index (κ1) is 18.2. The van der Waals surface area contributed by atoms with Crippen LogP contribution in [0.2, 0.25) is 0 Å². The average Bonchev–Trinajstić information content (AvgIpc) is 2.63. The highest BCUT2D eigenvalue weighted by Crippen LogP contribution is 2.35. The van der Waals surface area contributed by atoms with E-state index in [2.05, 4.69) is 5.32 Å². The number of amides is 1. The Morgan fingerprint density at radius 2 is 1.71 bits per heavy atom. The number of halogens is 3. The monoisotopic (exact) mass is 324 g/mol. The molecule has 3 N–H and O–H groups in total. The van der Waals surface area contributed by atoms with Crippen molar-refractivity contribution in [1.29, 1.82) is 0 Å². The van der Waals surface area contributed by atoms with Crippen LogP contribution in [0.3, 0.4) is 0 Å². The van der Waals surface area contributed by atoms with Crippen LogP contribution in [0, 0.1) is 5.41 Å². The van der Waals surface area contributed by atoms with Crippen LogP contribution in [0.15, 0.2) is 0 Å². The summed E-state index contributed by atoms with van der Waals surface area (Å²) in [7, 11) is 0. The molecule has 0 spiro atoms. The largest absolute Gasteiger partial charge is 0.392 e. The highest BCUT2D eigenvalue weighted by atomic mass is 32.1. The lowest BCUT2D eigenvalue weighted by atomic mass is 9.79. The van der Waals surface area contributed by atoms with Crippen LogP contribution in [0.1, 0.15) is 57.8 Å². The van der Waals surface area contributed by atoms with Gasteiger partial charge in [-0.15, -0.1) is 0 Å². The summed E-state index contributed by atoms with van der Waals surface area (Å²) < 4.78 is 36.1. The van der Waals surface area contributed by atoms with Crippen molar-refractivity contribution in [3.8, 4) is 0 Å². The van der Waals surface area contributed by atoms with Crippen molar-refractivity contribution in [3.63, 3.8) is 0 Å². The highest BCUT2D eigenvalue weighted by molar-refractivity contribution is 7.80. The van der Waals surface area contributed by atoms with Gasteiger partial charge in [-0.2, -0.15) is 13.2 Å². The zero-order chi connectivity index (χ0) is 15.9. The first-order chi connectivity index (χ1) is 9.78. The second-order valence-corrected chi connectivity index (χ2v) is 6.13. The molecule has 0 unspecified atom stereocenters. The minimum atomic E-state index is -4.13. The minimum Gasteiger partial charge on any atom is -0.392 e. The van der Waals surface area contributed by atoms with E-state index in [9.17, 15) is 18.0 Å². The Balaban J connectivity index is 2.45. The first-order valence-corrected chi connectivity index (χ1v) is 7.84. The van der Waals surface area contributed by atoms with Crippen LogP contribution in [0.5, 0.6) is 0 Å². The smallest absolute Gasteiger partial charge is 0.389 e. The van der Waals surface area contributed by atoms with E-state index in [1.165, 1.54) is 0 Å². The second-order valence-electron chi connectivity index (χ2n) is 5.69. The van der Waals surface area contributed by atoms with E-state index in [0.29, 0.717) is 19.3 Å². The van der Waals surface area contributed by atoms with Gasteiger partial charge in [0.2, 0.25) is 5.91 Å². The molecular formula is C14H23F3N2OS. The van der Waals surface area contributed by atoms with Gasteiger partial charge >= 0.3 is 6.18 Å². The Labute approximate surface area is 128 Å². The van der Waals surface area contributed by atoms with E-state index in [-0.39, 0.29) is 23.9 Å². The number of unbranched alkanes of at least 4 members (excludes halogenated alkanes) is 1. The van der Waals surface area contributed by atoms with Crippen LogP contribution in [-0.2, 0) is 4.79 Å².